The molecule has 0 heterocycles. The van der Waals surface area contributed by atoms with E-state index in [0.717, 1.165) is 17.6 Å². The molecule has 0 saturated heterocycles. The molecule has 0 radical (unpaired) electrons. The van der Waals surface area contributed by atoms with Crippen LogP contribution in [0.5, 0.6) is 0 Å². The predicted molar refractivity (Wildman–Crippen MR) is 94.6 cm³/mol. The summed E-state index contributed by atoms with van der Waals surface area (Å²) in [7, 11) is -1.06. The van der Waals surface area contributed by atoms with Crippen LogP contribution in [0.25, 0.3) is 0 Å². The molecule has 0 spiro atoms. The highest BCUT2D eigenvalue weighted by atomic mass is 16.5. The van der Waals surface area contributed by atoms with Crippen LogP contribution in [-0.2, 0) is 11.2 Å². The van der Waals surface area contributed by atoms with Crippen molar-refractivity contribution in [1.29, 1.82) is 0 Å². The maximum Gasteiger partial charge on any atom is 0.491 e. The van der Waals surface area contributed by atoms with E-state index in [1.54, 1.807) is 27.7 Å². The Morgan fingerprint density at radius 3 is 2.39 bits per heavy atom. The molecule has 0 unspecified atom stereocenters. The zero-order valence-electron chi connectivity index (χ0n) is 14.8. The Balaban J connectivity index is 2.06. The summed E-state index contributed by atoms with van der Waals surface area (Å²) in [6.45, 7) is 7.68. The first-order chi connectivity index (χ1) is 10.7. The molecule has 1 fully saturated rings. The van der Waals surface area contributed by atoms with Crippen molar-refractivity contribution in [3.8, 4) is 0 Å². The fourth-order valence-electron chi connectivity index (χ4n) is 2.81. The fraction of sp³-hybridized carbons (Fsp3) is 0.667. The van der Waals surface area contributed by atoms with E-state index in [1.165, 1.54) is 25.7 Å². The van der Waals surface area contributed by atoms with Crippen molar-refractivity contribution in [2.75, 3.05) is 0 Å². The maximum atomic E-state index is 10.5. The van der Waals surface area contributed by atoms with Gasteiger partial charge < -0.3 is 20.1 Å². The average molecular weight is 319 g/mol. The van der Waals surface area contributed by atoms with Crippen LogP contribution in [0.4, 0.5) is 0 Å². The van der Waals surface area contributed by atoms with E-state index in [2.05, 4.69) is 5.32 Å². The third-order valence-electron chi connectivity index (χ3n) is 5.14. The second-order valence-corrected chi connectivity index (χ2v) is 7.60. The highest BCUT2D eigenvalue weighted by Crippen LogP contribution is 2.25. The number of benzene rings is 1. The van der Waals surface area contributed by atoms with Crippen molar-refractivity contribution in [2.45, 2.75) is 77.2 Å². The van der Waals surface area contributed by atoms with Gasteiger partial charge >= 0.3 is 7.12 Å². The molecule has 0 bridgehead atoms. The van der Waals surface area contributed by atoms with E-state index in [4.69, 9.17) is 4.65 Å². The Hall–Kier alpha value is -0.875. The Bertz CT molecular complexity index is 507. The summed E-state index contributed by atoms with van der Waals surface area (Å²) in [5.41, 5.74) is -0.113. The van der Waals surface area contributed by atoms with Crippen LogP contribution in [0.2, 0.25) is 0 Å². The molecule has 3 N–H and O–H groups in total. The van der Waals surface area contributed by atoms with Gasteiger partial charge in [0.25, 0.3) is 0 Å². The molecule has 1 aliphatic carbocycles. The molecule has 1 saturated carbocycles. The first-order valence-corrected chi connectivity index (χ1v) is 8.60. The van der Waals surface area contributed by atoms with Crippen LogP contribution >= 0.6 is 0 Å². The van der Waals surface area contributed by atoms with Crippen molar-refractivity contribution in [3.05, 3.63) is 29.8 Å². The zero-order valence-corrected chi connectivity index (χ0v) is 14.8. The zero-order chi connectivity index (χ0) is 17.1. The van der Waals surface area contributed by atoms with Gasteiger partial charge in [0, 0.05) is 12.6 Å². The SMILES string of the molecule is CC(C)(O)C(C)(C)OB(O)c1ccccc1CNC1CCCC1. The molecule has 1 aromatic carbocycles. The van der Waals surface area contributed by atoms with Gasteiger partial charge in [-0.15, -0.1) is 0 Å². The highest BCUT2D eigenvalue weighted by molar-refractivity contribution is 6.60. The minimum Gasteiger partial charge on any atom is -0.423 e. The van der Waals surface area contributed by atoms with Crippen LogP contribution in [-0.4, -0.2) is 34.5 Å². The molecule has 0 atom stereocenters. The van der Waals surface area contributed by atoms with Crippen LogP contribution in [0.15, 0.2) is 24.3 Å². The molecular formula is C18H30BNO3. The van der Waals surface area contributed by atoms with Gasteiger partial charge in [0.1, 0.15) is 0 Å². The van der Waals surface area contributed by atoms with Crippen molar-refractivity contribution in [3.63, 3.8) is 0 Å². The summed E-state index contributed by atoms with van der Waals surface area (Å²) < 4.78 is 5.78. The molecule has 1 aromatic rings. The van der Waals surface area contributed by atoms with Gasteiger partial charge in [0.2, 0.25) is 0 Å². The van der Waals surface area contributed by atoms with E-state index in [-0.39, 0.29) is 0 Å². The lowest BCUT2D eigenvalue weighted by Gasteiger charge is -2.38. The second kappa shape index (κ2) is 7.35. The maximum absolute atomic E-state index is 10.5. The van der Waals surface area contributed by atoms with Gasteiger partial charge in [0.05, 0.1) is 11.2 Å². The van der Waals surface area contributed by atoms with E-state index in [0.29, 0.717) is 6.04 Å². The second-order valence-electron chi connectivity index (χ2n) is 7.60. The van der Waals surface area contributed by atoms with Crippen LogP contribution in [0.1, 0.15) is 58.9 Å². The molecule has 0 aliphatic heterocycles. The standard InChI is InChI=1S/C18H30BNO3/c1-17(2,21)18(3,4)23-19(22)16-12-8-5-9-14(16)13-20-15-10-6-7-11-15/h5,8-9,12,15,20-22H,6-7,10-11,13H2,1-4H3. The minimum atomic E-state index is -1.06. The van der Waals surface area contributed by atoms with Crippen molar-refractivity contribution in [1.82, 2.24) is 5.32 Å². The largest absolute Gasteiger partial charge is 0.491 e. The first-order valence-electron chi connectivity index (χ1n) is 8.60. The summed E-state index contributed by atoms with van der Waals surface area (Å²) in [6, 6.07) is 8.35. The topological polar surface area (TPSA) is 61.7 Å². The number of hydrogen-bond acceptors (Lipinski definition) is 4. The normalized spacial score (nSPS) is 16.8. The van der Waals surface area contributed by atoms with E-state index in [1.807, 2.05) is 24.3 Å². The number of nitrogens with one attached hydrogen (secondary N) is 1. The monoisotopic (exact) mass is 319 g/mol. The van der Waals surface area contributed by atoms with Crippen LogP contribution in [0, 0.1) is 0 Å². The molecule has 2 rings (SSSR count). The predicted octanol–water partition coefficient (Wildman–Crippen LogP) is 1.97. The molecule has 23 heavy (non-hydrogen) atoms. The van der Waals surface area contributed by atoms with Crippen molar-refractivity contribution in [2.24, 2.45) is 0 Å². The summed E-state index contributed by atoms with van der Waals surface area (Å²) in [6.07, 6.45) is 5.05. The number of hydrogen-bond donors (Lipinski definition) is 3. The quantitative estimate of drug-likeness (QED) is 0.673. The number of aliphatic hydroxyl groups is 1. The van der Waals surface area contributed by atoms with Gasteiger partial charge in [-0.1, -0.05) is 37.1 Å². The average Bonchev–Trinajstić information content (AvgIpc) is 2.97. The van der Waals surface area contributed by atoms with Crippen molar-refractivity contribution >= 4 is 12.6 Å². The van der Waals surface area contributed by atoms with Gasteiger partial charge in [-0.3, -0.25) is 0 Å². The van der Waals surface area contributed by atoms with Gasteiger partial charge in [0.15, 0.2) is 0 Å². The van der Waals surface area contributed by atoms with Gasteiger partial charge in [-0.25, -0.2) is 0 Å². The smallest absolute Gasteiger partial charge is 0.423 e. The van der Waals surface area contributed by atoms with E-state index in [9.17, 15) is 10.1 Å². The van der Waals surface area contributed by atoms with E-state index >= 15 is 0 Å². The third-order valence-corrected chi connectivity index (χ3v) is 5.14. The minimum absolute atomic E-state index is 0.578. The molecule has 5 heteroatoms. The lowest BCUT2D eigenvalue weighted by molar-refractivity contribution is -0.0982. The Morgan fingerprint density at radius 1 is 1.17 bits per heavy atom. The lowest BCUT2D eigenvalue weighted by atomic mass is 9.74. The van der Waals surface area contributed by atoms with Gasteiger partial charge in [-0.2, -0.15) is 0 Å². The molecule has 4 nitrogen and oxygen atoms in total. The fourth-order valence-corrected chi connectivity index (χ4v) is 2.81. The number of rotatable bonds is 7. The molecule has 128 valence electrons. The molecule has 0 amide bonds. The van der Waals surface area contributed by atoms with Crippen LogP contribution in [0.3, 0.4) is 0 Å². The molecule has 1 aliphatic rings. The first kappa shape index (κ1) is 18.5. The van der Waals surface area contributed by atoms with E-state index < -0.39 is 18.3 Å². The van der Waals surface area contributed by atoms with Crippen LogP contribution < -0.4 is 10.8 Å². The highest BCUT2D eigenvalue weighted by Gasteiger charge is 2.39. The summed E-state index contributed by atoms with van der Waals surface area (Å²) in [5, 5.41) is 24.3. The summed E-state index contributed by atoms with van der Waals surface area (Å²) >= 11 is 0. The Labute approximate surface area is 140 Å². The Kier molecular flexibility index (Phi) is 5.90. The summed E-state index contributed by atoms with van der Waals surface area (Å²) in [4.78, 5) is 0. The lowest BCUT2D eigenvalue weighted by Crippen LogP contribution is -2.53. The third kappa shape index (κ3) is 4.80. The van der Waals surface area contributed by atoms with Gasteiger partial charge in [-0.05, 0) is 51.6 Å². The summed E-state index contributed by atoms with van der Waals surface area (Å²) in [5.74, 6) is 0. The Morgan fingerprint density at radius 2 is 1.78 bits per heavy atom. The molecule has 0 aromatic heterocycles. The molecular weight excluding hydrogens is 289 g/mol. The van der Waals surface area contributed by atoms with Crippen molar-refractivity contribution < 1.29 is 14.8 Å².